The third-order valence-electron chi connectivity index (χ3n) is 6.54. The molecule has 0 radical (unpaired) electrons. The van der Waals surface area contributed by atoms with E-state index in [0.29, 0.717) is 16.5 Å². The highest BCUT2D eigenvalue weighted by atomic mass is 35.5. The van der Waals surface area contributed by atoms with Crippen molar-refractivity contribution in [2.75, 3.05) is 0 Å². The Hall–Kier alpha value is -2.14. The van der Waals surface area contributed by atoms with Gasteiger partial charge in [0, 0.05) is 16.7 Å². The molecule has 1 amide bonds. The van der Waals surface area contributed by atoms with Gasteiger partial charge in [-0.25, -0.2) is 5.43 Å². The van der Waals surface area contributed by atoms with E-state index in [1.807, 2.05) is 12.1 Å². The number of carbonyl (C=O) groups excluding carboxylic acids is 1. The van der Waals surface area contributed by atoms with Crippen LogP contribution < -0.4 is 5.43 Å². The van der Waals surface area contributed by atoms with E-state index < -0.39 is 0 Å². The molecule has 1 aromatic heterocycles. The van der Waals surface area contributed by atoms with Crippen LogP contribution in [0.3, 0.4) is 0 Å². The van der Waals surface area contributed by atoms with Crippen LogP contribution in [0.1, 0.15) is 44.2 Å². The number of carbonyl (C=O) groups is 1. The van der Waals surface area contributed by atoms with E-state index in [0.717, 1.165) is 42.6 Å². The largest absolute Gasteiger partial charge is 0.356 e. The molecule has 6 rings (SSSR count). The predicted molar refractivity (Wildman–Crippen MR) is 103 cm³/mol. The van der Waals surface area contributed by atoms with Crippen LogP contribution >= 0.6 is 11.6 Å². The van der Waals surface area contributed by atoms with E-state index in [-0.39, 0.29) is 11.3 Å². The zero-order valence-corrected chi connectivity index (χ0v) is 15.8. The predicted octanol–water partition coefficient (Wildman–Crippen LogP) is 4.66. The van der Waals surface area contributed by atoms with Gasteiger partial charge in [-0.2, -0.15) is 5.10 Å². The normalized spacial score (nSPS) is 31.5. The number of hydrogen-bond acceptors (Lipinski definition) is 4. The van der Waals surface area contributed by atoms with Crippen LogP contribution in [0.5, 0.6) is 0 Å². The number of rotatable bonds is 4. The van der Waals surface area contributed by atoms with E-state index in [9.17, 15) is 4.79 Å². The lowest BCUT2D eigenvalue weighted by molar-refractivity contribution is -0.146. The number of hydrazone groups is 1. The lowest BCUT2D eigenvalue weighted by Crippen LogP contribution is -2.52. The molecule has 5 nitrogen and oxygen atoms in total. The summed E-state index contributed by atoms with van der Waals surface area (Å²) < 4.78 is 5.35. The second kappa shape index (κ2) is 6.48. The molecule has 4 fully saturated rings. The van der Waals surface area contributed by atoms with Crippen molar-refractivity contribution in [1.82, 2.24) is 10.6 Å². The Kier molecular flexibility index (Phi) is 4.08. The van der Waals surface area contributed by atoms with Gasteiger partial charge in [0.2, 0.25) is 5.91 Å². The number of nitrogens with zero attached hydrogens (tertiary/aromatic N) is 2. The molecule has 0 unspecified atom stereocenters. The summed E-state index contributed by atoms with van der Waals surface area (Å²) in [5, 5.41) is 8.82. The summed E-state index contributed by atoms with van der Waals surface area (Å²) in [4.78, 5) is 12.9. The maximum atomic E-state index is 12.9. The van der Waals surface area contributed by atoms with Crippen LogP contribution in [0, 0.1) is 23.2 Å². The molecule has 1 N–H and O–H groups in total. The van der Waals surface area contributed by atoms with Crippen LogP contribution in [0.2, 0.25) is 5.02 Å². The Morgan fingerprint density at radius 2 is 1.78 bits per heavy atom. The van der Waals surface area contributed by atoms with Crippen molar-refractivity contribution in [3.05, 3.63) is 41.0 Å². The molecule has 6 heteroatoms. The quantitative estimate of drug-likeness (QED) is 0.616. The standard InChI is InChI=1S/C21H22ClN3O2/c22-17-3-1-16(2-4-17)19-8-18(25-27-19)12-23-24-20(26)21-9-13-5-14(10-21)7-15(6-13)11-21/h1-4,8,12-15H,5-7,9-11H2,(H,24,26)/b23-12+. The molecule has 140 valence electrons. The Morgan fingerprint density at radius 3 is 2.41 bits per heavy atom. The van der Waals surface area contributed by atoms with Crippen molar-refractivity contribution in [2.24, 2.45) is 28.3 Å². The lowest BCUT2D eigenvalue weighted by atomic mass is 9.49. The van der Waals surface area contributed by atoms with Crippen LogP contribution in [-0.4, -0.2) is 17.3 Å². The first kappa shape index (κ1) is 17.0. The summed E-state index contributed by atoms with van der Waals surface area (Å²) in [6, 6.07) is 9.15. The summed E-state index contributed by atoms with van der Waals surface area (Å²) in [5.74, 6) is 2.94. The fourth-order valence-corrected chi connectivity index (χ4v) is 5.89. The summed E-state index contributed by atoms with van der Waals surface area (Å²) in [6.45, 7) is 0. The van der Waals surface area contributed by atoms with Gasteiger partial charge >= 0.3 is 0 Å². The van der Waals surface area contributed by atoms with Gasteiger partial charge in [0.15, 0.2) is 5.76 Å². The molecule has 1 heterocycles. The van der Waals surface area contributed by atoms with Crippen molar-refractivity contribution in [3.63, 3.8) is 0 Å². The van der Waals surface area contributed by atoms with Gasteiger partial charge < -0.3 is 4.52 Å². The molecular weight excluding hydrogens is 362 g/mol. The first-order valence-electron chi connectivity index (χ1n) is 9.66. The van der Waals surface area contributed by atoms with Gasteiger partial charge in [-0.15, -0.1) is 0 Å². The van der Waals surface area contributed by atoms with Gasteiger partial charge in [-0.3, -0.25) is 4.79 Å². The van der Waals surface area contributed by atoms with E-state index in [1.54, 1.807) is 24.4 Å². The van der Waals surface area contributed by atoms with Crippen molar-refractivity contribution in [1.29, 1.82) is 0 Å². The van der Waals surface area contributed by atoms with E-state index in [1.165, 1.54) is 19.3 Å². The Bertz CT molecular complexity index is 852. The van der Waals surface area contributed by atoms with E-state index in [4.69, 9.17) is 16.1 Å². The van der Waals surface area contributed by atoms with Gasteiger partial charge in [-0.05, 0) is 80.5 Å². The molecule has 4 aliphatic rings. The smallest absolute Gasteiger partial charge is 0.246 e. The highest BCUT2D eigenvalue weighted by molar-refractivity contribution is 6.30. The number of halogens is 1. The summed E-state index contributed by atoms with van der Waals surface area (Å²) in [6.07, 6.45) is 8.61. The Labute approximate surface area is 163 Å². The van der Waals surface area contributed by atoms with Crippen molar-refractivity contribution in [2.45, 2.75) is 38.5 Å². The summed E-state index contributed by atoms with van der Waals surface area (Å²) >= 11 is 5.91. The minimum Gasteiger partial charge on any atom is -0.356 e. The lowest BCUT2D eigenvalue weighted by Gasteiger charge is -2.55. The molecule has 4 saturated carbocycles. The second-order valence-corrected chi connectivity index (χ2v) is 8.96. The molecule has 0 aliphatic heterocycles. The first-order chi connectivity index (χ1) is 13.1. The van der Waals surface area contributed by atoms with E-state index >= 15 is 0 Å². The fraction of sp³-hybridized carbons (Fsp3) is 0.476. The SMILES string of the molecule is O=C(N/N=C/c1cc(-c2ccc(Cl)cc2)on1)C12CC3CC(CC(C3)C1)C2. The third kappa shape index (κ3) is 3.18. The van der Waals surface area contributed by atoms with Crippen molar-refractivity contribution in [3.8, 4) is 11.3 Å². The molecule has 27 heavy (non-hydrogen) atoms. The minimum absolute atomic E-state index is 0.0827. The van der Waals surface area contributed by atoms with Crippen molar-refractivity contribution < 1.29 is 9.32 Å². The minimum atomic E-state index is -0.190. The van der Waals surface area contributed by atoms with Gasteiger partial charge in [0.05, 0.1) is 11.6 Å². The van der Waals surface area contributed by atoms with E-state index in [2.05, 4.69) is 15.7 Å². The molecule has 1 aromatic carbocycles. The number of hydrogen-bond donors (Lipinski definition) is 1. The molecule has 0 atom stereocenters. The zero-order valence-electron chi connectivity index (χ0n) is 15.0. The fourth-order valence-electron chi connectivity index (χ4n) is 5.76. The second-order valence-electron chi connectivity index (χ2n) is 8.52. The average molecular weight is 384 g/mol. The molecule has 2 aromatic rings. The number of nitrogens with one attached hydrogen (secondary N) is 1. The van der Waals surface area contributed by atoms with Gasteiger partial charge in [0.1, 0.15) is 5.69 Å². The van der Waals surface area contributed by atoms with Crippen LogP contribution in [0.25, 0.3) is 11.3 Å². The number of aromatic nitrogens is 1. The molecule has 0 spiro atoms. The highest BCUT2D eigenvalue weighted by Gasteiger charge is 2.54. The van der Waals surface area contributed by atoms with Crippen LogP contribution in [0.15, 0.2) is 40.0 Å². The monoisotopic (exact) mass is 383 g/mol. The van der Waals surface area contributed by atoms with Gasteiger partial charge in [-0.1, -0.05) is 16.8 Å². The van der Waals surface area contributed by atoms with Crippen molar-refractivity contribution >= 4 is 23.7 Å². The number of benzene rings is 1. The highest BCUT2D eigenvalue weighted by Crippen LogP contribution is 2.60. The maximum absolute atomic E-state index is 12.9. The van der Waals surface area contributed by atoms with Crippen LogP contribution in [-0.2, 0) is 4.79 Å². The first-order valence-corrected chi connectivity index (χ1v) is 10.0. The van der Waals surface area contributed by atoms with Gasteiger partial charge in [0.25, 0.3) is 0 Å². The molecule has 0 saturated heterocycles. The van der Waals surface area contributed by atoms with Crippen LogP contribution in [0.4, 0.5) is 0 Å². The third-order valence-corrected chi connectivity index (χ3v) is 6.79. The maximum Gasteiger partial charge on any atom is 0.246 e. The summed E-state index contributed by atoms with van der Waals surface area (Å²) in [7, 11) is 0. The zero-order chi connectivity index (χ0) is 18.4. The number of amides is 1. The molecular formula is C21H22ClN3O2. The Balaban J connectivity index is 1.25. The molecule has 4 bridgehead atoms. The summed E-state index contributed by atoms with van der Waals surface area (Å²) in [5.41, 5.74) is 4.05. The topological polar surface area (TPSA) is 67.5 Å². The Morgan fingerprint density at radius 1 is 1.15 bits per heavy atom. The molecule has 4 aliphatic carbocycles. The average Bonchev–Trinajstić information content (AvgIpc) is 3.10.